The first kappa shape index (κ1) is 24.5. The maximum atomic E-state index is 14.7. The Balaban J connectivity index is 1.78. The number of aromatic nitrogens is 4. The van der Waals surface area contributed by atoms with Crippen LogP contribution in [-0.2, 0) is 13.2 Å². The molecule has 190 valence electrons. The SMILES string of the molecule is Cn1ncc2cc(-n3c(-c4ccc(C#N)c(F)c4)nc(C(=O)N4CCC[C@@H](N)C4)c3C(F)(F)F)ccc21. The number of carbonyl (C=O) groups excluding carboxylic acids is 1. The molecule has 37 heavy (non-hydrogen) atoms. The molecule has 2 aromatic carbocycles. The number of likely N-dealkylation sites (tertiary alicyclic amines) is 1. The molecule has 1 fully saturated rings. The first-order chi connectivity index (χ1) is 17.6. The smallest absolute Gasteiger partial charge is 0.336 e. The number of carbonyl (C=O) groups is 1. The van der Waals surface area contributed by atoms with E-state index in [1.165, 1.54) is 29.3 Å². The quantitative estimate of drug-likeness (QED) is 0.419. The number of alkyl halides is 3. The predicted octanol–water partition coefficient (Wildman–Crippen LogP) is 4.02. The van der Waals surface area contributed by atoms with Crippen LogP contribution in [0.1, 0.15) is 34.6 Å². The van der Waals surface area contributed by atoms with E-state index < -0.39 is 29.3 Å². The number of imidazole rings is 1. The molecule has 5 rings (SSSR count). The molecule has 1 amide bonds. The van der Waals surface area contributed by atoms with Crippen LogP contribution in [0.15, 0.2) is 42.6 Å². The van der Waals surface area contributed by atoms with Gasteiger partial charge in [-0.15, -0.1) is 0 Å². The summed E-state index contributed by atoms with van der Waals surface area (Å²) in [6.07, 6.45) is -2.26. The number of rotatable bonds is 3. The number of benzene rings is 2. The van der Waals surface area contributed by atoms with Gasteiger partial charge >= 0.3 is 6.18 Å². The number of aryl methyl sites for hydroxylation is 1. The number of nitrogens with zero attached hydrogens (tertiary/aromatic N) is 6. The molecular formula is C25H21F4N7O. The topological polar surface area (TPSA) is 106 Å². The van der Waals surface area contributed by atoms with Crippen molar-refractivity contribution in [2.45, 2.75) is 25.1 Å². The zero-order valence-electron chi connectivity index (χ0n) is 19.6. The zero-order chi connectivity index (χ0) is 26.5. The van der Waals surface area contributed by atoms with E-state index in [4.69, 9.17) is 11.0 Å². The third kappa shape index (κ3) is 4.31. The summed E-state index contributed by atoms with van der Waals surface area (Å²) in [6.45, 7) is 0.352. The number of nitriles is 1. The Hall–Kier alpha value is -4.24. The average Bonchev–Trinajstić information content (AvgIpc) is 3.44. The Kier molecular flexibility index (Phi) is 5.95. The zero-order valence-corrected chi connectivity index (χ0v) is 19.6. The van der Waals surface area contributed by atoms with E-state index in [1.54, 1.807) is 23.9 Å². The molecule has 0 saturated carbocycles. The lowest BCUT2D eigenvalue weighted by molar-refractivity contribution is -0.142. The highest BCUT2D eigenvalue weighted by Crippen LogP contribution is 2.39. The fraction of sp³-hybridized carbons (Fsp3) is 0.280. The summed E-state index contributed by atoms with van der Waals surface area (Å²) >= 11 is 0. The van der Waals surface area contributed by atoms with Gasteiger partial charge in [-0.05, 0) is 49.2 Å². The average molecular weight is 511 g/mol. The Morgan fingerprint density at radius 2 is 2.00 bits per heavy atom. The van der Waals surface area contributed by atoms with E-state index in [9.17, 15) is 22.4 Å². The molecule has 8 nitrogen and oxygen atoms in total. The second kappa shape index (κ2) is 9.01. The van der Waals surface area contributed by atoms with Gasteiger partial charge in [0.05, 0.1) is 17.3 Å². The summed E-state index contributed by atoms with van der Waals surface area (Å²) in [6, 6.07) is 9.28. The van der Waals surface area contributed by atoms with Crippen LogP contribution in [0.4, 0.5) is 17.6 Å². The van der Waals surface area contributed by atoms with E-state index in [0.717, 1.165) is 16.7 Å². The van der Waals surface area contributed by atoms with Gasteiger partial charge in [0.15, 0.2) is 11.4 Å². The molecule has 4 aromatic rings. The number of hydrogen-bond acceptors (Lipinski definition) is 5. The van der Waals surface area contributed by atoms with Crippen molar-refractivity contribution in [2.75, 3.05) is 13.1 Å². The van der Waals surface area contributed by atoms with Crippen molar-refractivity contribution >= 4 is 16.8 Å². The van der Waals surface area contributed by atoms with Crippen molar-refractivity contribution in [2.24, 2.45) is 12.8 Å². The summed E-state index contributed by atoms with van der Waals surface area (Å²) in [4.78, 5) is 18.8. The third-order valence-corrected chi connectivity index (χ3v) is 6.43. The van der Waals surface area contributed by atoms with Crippen LogP contribution in [0.25, 0.3) is 28.0 Å². The minimum atomic E-state index is -4.98. The van der Waals surface area contributed by atoms with Crippen LogP contribution in [0.5, 0.6) is 0 Å². The van der Waals surface area contributed by atoms with Crippen molar-refractivity contribution in [3.8, 4) is 23.1 Å². The molecule has 0 bridgehead atoms. The molecule has 0 spiro atoms. The van der Waals surface area contributed by atoms with Gasteiger partial charge in [0, 0.05) is 42.8 Å². The molecule has 0 radical (unpaired) electrons. The summed E-state index contributed by atoms with van der Waals surface area (Å²) < 4.78 is 60.9. The molecular weight excluding hydrogens is 490 g/mol. The lowest BCUT2D eigenvalue weighted by atomic mass is 10.1. The Morgan fingerprint density at radius 3 is 2.68 bits per heavy atom. The second-order valence-corrected chi connectivity index (χ2v) is 8.94. The highest BCUT2D eigenvalue weighted by molar-refractivity contribution is 5.95. The number of hydrogen-bond donors (Lipinski definition) is 1. The van der Waals surface area contributed by atoms with Crippen LogP contribution < -0.4 is 5.73 Å². The number of piperidine rings is 1. The molecule has 1 saturated heterocycles. The monoisotopic (exact) mass is 511 g/mol. The van der Waals surface area contributed by atoms with Gasteiger partial charge in [-0.2, -0.15) is 23.5 Å². The fourth-order valence-corrected chi connectivity index (χ4v) is 4.66. The van der Waals surface area contributed by atoms with E-state index in [-0.39, 0.29) is 41.8 Å². The van der Waals surface area contributed by atoms with E-state index >= 15 is 0 Å². The first-order valence-electron chi connectivity index (χ1n) is 11.5. The van der Waals surface area contributed by atoms with Crippen LogP contribution in [-0.4, -0.2) is 49.3 Å². The third-order valence-electron chi connectivity index (χ3n) is 6.43. The van der Waals surface area contributed by atoms with E-state index in [1.807, 2.05) is 0 Å². The summed E-state index contributed by atoms with van der Waals surface area (Å²) in [7, 11) is 1.70. The number of amides is 1. The molecule has 2 aromatic heterocycles. The van der Waals surface area contributed by atoms with E-state index in [2.05, 4.69) is 10.1 Å². The van der Waals surface area contributed by atoms with Crippen molar-refractivity contribution in [3.63, 3.8) is 0 Å². The molecule has 3 heterocycles. The number of halogens is 4. The first-order valence-corrected chi connectivity index (χ1v) is 11.5. The molecule has 12 heteroatoms. The largest absolute Gasteiger partial charge is 0.434 e. The second-order valence-electron chi connectivity index (χ2n) is 8.94. The van der Waals surface area contributed by atoms with Gasteiger partial charge in [0.25, 0.3) is 5.91 Å². The maximum absolute atomic E-state index is 14.7. The summed E-state index contributed by atoms with van der Waals surface area (Å²) in [5.74, 6) is -2.11. The van der Waals surface area contributed by atoms with Gasteiger partial charge in [0.2, 0.25) is 0 Å². The van der Waals surface area contributed by atoms with Crippen LogP contribution in [0, 0.1) is 17.1 Å². The lowest BCUT2D eigenvalue weighted by Crippen LogP contribution is -2.46. The predicted molar refractivity (Wildman–Crippen MR) is 126 cm³/mol. The highest BCUT2D eigenvalue weighted by Gasteiger charge is 2.44. The van der Waals surface area contributed by atoms with Gasteiger partial charge in [-0.1, -0.05) is 0 Å². The van der Waals surface area contributed by atoms with Gasteiger partial charge in [-0.25, -0.2) is 9.37 Å². The molecule has 2 N–H and O–H groups in total. The Labute approximate surface area is 208 Å². The van der Waals surface area contributed by atoms with Crippen LogP contribution in [0.3, 0.4) is 0 Å². The molecule has 0 aliphatic carbocycles. The Morgan fingerprint density at radius 1 is 1.22 bits per heavy atom. The van der Waals surface area contributed by atoms with Gasteiger partial charge in [-0.3, -0.25) is 14.0 Å². The normalized spacial score (nSPS) is 16.2. The van der Waals surface area contributed by atoms with Crippen molar-refractivity contribution in [1.82, 2.24) is 24.2 Å². The number of fused-ring (bicyclic) bond motifs is 1. The fourth-order valence-electron chi connectivity index (χ4n) is 4.66. The van der Waals surface area contributed by atoms with E-state index in [0.29, 0.717) is 23.7 Å². The lowest BCUT2D eigenvalue weighted by Gasteiger charge is -2.30. The van der Waals surface area contributed by atoms with Crippen molar-refractivity contribution < 1.29 is 22.4 Å². The molecule has 1 aliphatic heterocycles. The molecule has 1 atom stereocenters. The standard InChI is InChI=1S/C25H21F4N7O/c1-34-20-7-6-18(9-16(20)12-32-34)36-22(25(27,28)29)21(24(37)35-8-2-3-17(31)13-35)33-23(36)14-4-5-15(11-30)19(26)10-14/h4-7,9-10,12,17H,2-3,8,13,31H2,1H3/t17-/m1/s1. The van der Waals surface area contributed by atoms with Gasteiger partial charge in [0.1, 0.15) is 17.7 Å². The highest BCUT2D eigenvalue weighted by atomic mass is 19.4. The maximum Gasteiger partial charge on any atom is 0.434 e. The van der Waals surface area contributed by atoms with Crippen LogP contribution >= 0.6 is 0 Å². The van der Waals surface area contributed by atoms with Crippen LogP contribution in [0.2, 0.25) is 0 Å². The van der Waals surface area contributed by atoms with Gasteiger partial charge < -0.3 is 10.6 Å². The molecule has 1 aliphatic rings. The van der Waals surface area contributed by atoms with Crippen molar-refractivity contribution in [1.29, 1.82) is 5.26 Å². The summed E-state index contributed by atoms with van der Waals surface area (Å²) in [5.41, 5.74) is 4.34. The Bertz CT molecular complexity index is 1560. The molecule has 0 unspecified atom stereocenters. The summed E-state index contributed by atoms with van der Waals surface area (Å²) in [5, 5.41) is 13.8. The van der Waals surface area contributed by atoms with Crippen molar-refractivity contribution in [3.05, 3.63) is 65.4 Å². The number of nitrogens with two attached hydrogens (primary N) is 1. The minimum Gasteiger partial charge on any atom is -0.336 e. The minimum absolute atomic E-state index is 0.0253.